The molecule has 3 rings (SSSR count). The molecule has 7 heteroatoms. The highest BCUT2D eigenvalue weighted by Crippen LogP contribution is 2.34. The van der Waals surface area contributed by atoms with Gasteiger partial charge in [-0.1, -0.05) is 36.4 Å². The highest BCUT2D eigenvalue weighted by Gasteiger charge is 2.24. The zero-order valence-electron chi connectivity index (χ0n) is 17.1. The Morgan fingerprint density at radius 1 is 1.10 bits per heavy atom. The molecule has 1 saturated carbocycles. The first-order valence-corrected chi connectivity index (χ1v) is 12.0. The average Bonchev–Trinajstić information content (AvgIpc) is 2.71. The van der Waals surface area contributed by atoms with Gasteiger partial charge in [-0.05, 0) is 50.2 Å². The van der Waals surface area contributed by atoms with Gasteiger partial charge in [-0.3, -0.25) is 4.79 Å². The fourth-order valence-corrected chi connectivity index (χ4v) is 4.43. The first-order chi connectivity index (χ1) is 13.8. The molecule has 1 N–H and O–H groups in total. The van der Waals surface area contributed by atoms with Crippen LogP contribution in [0, 0.1) is 6.92 Å². The lowest BCUT2D eigenvalue weighted by atomic mass is 9.83. The van der Waals surface area contributed by atoms with Crippen LogP contribution in [0.3, 0.4) is 0 Å². The molecule has 2 aromatic rings. The van der Waals surface area contributed by atoms with E-state index in [1.165, 1.54) is 5.56 Å². The topological polar surface area (TPSA) is 77.4 Å². The van der Waals surface area contributed by atoms with Crippen LogP contribution in [0.4, 0.5) is 0 Å². The molecule has 1 heterocycles. The quantitative estimate of drug-likeness (QED) is 0.715. The Balaban J connectivity index is 1.61. The van der Waals surface area contributed by atoms with Crippen LogP contribution in [0.2, 0.25) is 0 Å². The zero-order valence-corrected chi connectivity index (χ0v) is 17.9. The van der Waals surface area contributed by atoms with Crippen LogP contribution in [0.15, 0.2) is 53.5 Å². The van der Waals surface area contributed by atoms with Gasteiger partial charge in [0.1, 0.15) is 0 Å². The van der Waals surface area contributed by atoms with Crippen LogP contribution in [-0.2, 0) is 14.8 Å². The van der Waals surface area contributed by atoms with Gasteiger partial charge < -0.3 is 9.30 Å². The third kappa shape index (κ3) is 6.26. The van der Waals surface area contributed by atoms with Crippen molar-refractivity contribution in [1.82, 2.24) is 9.29 Å². The predicted octanol–water partition coefficient (Wildman–Crippen LogP) is 2.99. The van der Waals surface area contributed by atoms with Gasteiger partial charge in [-0.15, -0.1) is 0 Å². The van der Waals surface area contributed by atoms with Crippen LogP contribution < -0.4 is 10.3 Å². The Kier molecular flexibility index (Phi) is 7.27. The van der Waals surface area contributed by atoms with E-state index in [0.717, 1.165) is 31.9 Å². The van der Waals surface area contributed by atoms with Crippen molar-refractivity contribution in [3.63, 3.8) is 0 Å². The third-order valence-corrected chi connectivity index (χ3v) is 6.30. The summed E-state index contributed by atoms with van der Waals surface area (Å²) in [6, 6.07) is 13.7. The van der Waals surface area contributed by atoms with E-state index in [9.17, 15) is 13.2 Å². The van der Waals surface area contributed by atoms with Crippen molar-refractivity contribution in [2.75, 3.05) is 19.4 Å². The Morgan fingerprint density at radius 3 is 2.45 bits per heavy atom. The molecule has 0 bridgehead atoms. The number of nitrogens with zero attached hydrogens (tertiary/aromatic N) is 1. The van der Waals surface area contributed by atoms with Crippen LogP contribution >= 0.6 is 0 Å². The van der Waals surface area contributed by atoms with Crippen molar-refractivity contribution < 1.29 is 13.2 Å². The Bertz CT molecular complexity index is 948. The molecule has 1 aliphatic rings. The number of sulfonamides is 1. The lowest BCUT2D eigenvalue weighted by Crippen LogP contribution is -2.38. The average molecular weight is 419 g/mol. The van der Waals surface area contributed by atoms with Gasteiger partial charge >= 0.3 is 0 Å². The Labute approximate surface area is 173 Å². The van der Waals surface area contributed by atoms with Gasteiger partial charge in [-0.2, -0.15) is 0 Å². The lowest BCUT2D eigenvalue weighted by Gasteiger charge is -2.30. The van der Waals surface area contributed by atoms with Gasteiger partial charge in [0.05, 0.1) is 25.0 Å². The number of ether oxygens (including phenoxy) is 1. The summed E-state index contributed by atoms with van der Waals surface area (Å²) >= 11 is 0. The minimum absolute atomic E-state index is 0.121. The Morgan fingerprint density at radius 2 is 1.79 bits per heavy atom. The molecule has 0 saturated heterocycles. The first-order valence-electron chi connectivity index (χ1n) is 10.1. The molecule has 158 valence electrons. The number of hydrogen-bond acceptors (Lipinski definition) is 4. The SMILES string of the molecule is Cc1cccn([C@H](CNS(C)(=O)=O)COC2CCC(c3ccccc3)CC2)c1=O. The smallest absolute Gasteiger partial charge is 0.253 e. The molecule has 0 spiro atoms. The molecule has 1 aromatic carbocycles. The third-order valence-electron chi connectivity index (χ3n) is 5.61. The van der Waals surface area contributed by atoms with Crippen molar-refractivity contribution in [2.24, 2.45) is 0 Å². The number of hydrogen-bond donors (Lipinski definition) is 1. The summed E-state index contributed by atoms with van der Waals surface area (Å²) < 4.78 is 33.4. The monoisotopic (exact) mass is 418 g/mol. The summed E-state index contributed by atoms with van der Waals surface area (Å²) in [4.78, 5) is 12.5. The van der Waals surface area contributed by atoms with Crippen molar-refractivity contribution in [3.05, 3.63) is 70.1 Å². The summed E-state index contributed by atoms with van der Waals surface area (Å²) in [6.07, 6.45) is 7.03. The summed E-state index contributed by atoms with van der Waals surface area (Å²) in [5.41, 5.74) is 1.89. The minimum Gasteiger partial charge on any atom is -0.376 e. The normalized spacial score (nSPS) is 21.0. The van der Waals surface area contributed by atoms with Crippen molar-refractivity contribution >= 4 is 10.0 Å². The second-order valence-electron chi connectivity index (χ2n) is 7.90. The maximum Gasteiger partial charge on any atom is 0.253 e. The first kappa shape index (κ1) is 21.7. The van der Waals surface area contributed by atoms with E-state index in [4.69, 9.17) is 4.74 Å². The van der Waals surface area contributed by atoms with Crippen LogP contribution in [0.5, 0.6) is 0 Å². The van der Waals surface area contributed by atoms with Crippen molar-refractivity contribution in [3.8, 4) is 0 Å². The fourth-order valence-electron chi connectivity index (χ4n) is 3.93. The van der Waals surface area contributed by atoms with Crippen LogP contribution in [0.1, 0.15) is 48.8 Å². The summed E-state index contributed by atoms with van der Waals surface area (Å²) in [5.74, 6) is 0.568. The lowest BCUT2D eigenvalue weighted by molar-refractivity contribution is 0.00734. The van der Waals surface area contributed by atoms with E-state index in [2.05, 4.69) is 29.0 Å². The number of nitrogens with one attached hydrogen (secondary N) is 1. The highest BCUT2D eigenvalue weighted by atomic mass is 32.2. The van der Waals surface area contributed by atoms with E-state index in [1.807, 2.05) is 6.07 Å². The zero-order chi connectivity index (χ0) is 20.9. The maximum atomic E-state index is 12.5. The summed E-state index contributed by atoms with van der Waals surface area (Å²) in [5, 5.41) is 0. The van der Waals surface area contributed by atoms with E-state index < -0.39 is 10.0 Å². The molecule has 0 amide bonds. The number of aromatic nitrogens is 1. The minimum atomic E-state index is -3.35. The molecular weight excluding hydrogens is 388 g/mol. The van der Waals surface area contributed by atoms with Gasteiger partial charge in [0.2, 0.25) is 10.0 Å². The van der Waals surface area contributed by atoms with Crippen LogP contribution in [0.25, 0.3) is 0 Å². The molecule has 29 heavy (non-hydrogen) atoms. The highest BCUT2D eigenvalue weighted by molar-refractivity contribution is 7.88. The molecule has 0 radical (unpaired) electrons. The molecule has 0 unspecified atom stereocenters. The van der Waals surface area contributed by atoms with Crippen LogP contribution in [-0.4, -0.2) is 38.5 Å². The second-order valence-corrected chi connectivity index (χ2v) is 9.73. The molecule has 1 atom stereocenters. The summed E-state index contributed by atoms with van der Waals surface area (Å²) in [6.45, 7) is 2.18. The molecule has 1 aliphatic carbocycles. The number of aryl methyl sites for hydroxylation is 1. The van der Waals surface area contributed by atoms with Gasteiger partial charge in [0.25, 0.3) is 5.56 Å². The number of pyridine rings is 1. The van der Waals surface area contributed by atoms with E-state index in [1.54, 1.807) is 29.8 Å². The predicted molar refractivity (Wildman–Crippen MR) is 115 cm³/mol. The molecule has 6 nitrogen and oxygen atoms in total. The Hall–Kier alpha value is -1.96. The fraction of sp³-hybridized carbons (Fsp3) is 0.500. The molecule has 0 aliphatic heterocycles. The van der Waals surface area contributed by atoms with E-state index in [-0.39, 0.29) is 24.2 Å². The standard InChI is InChI=1S/C22H30N2O4S/c1-17-7-6-14-24(22(17)25)20(15-23-29(2,26)27)16-28-21-12-10-19(11-13-21)18-8-4-3-5-9-18/h3-9,14,19-21,23H,10-13,15-16H2,1-2H3/t19?,20-,21?/m1/s1. The molecular formula is C22H30N2O4S. The second kappa shape index (κ2) is 9.69. The molecule has 1 aromatic heterocycles. The van der Waals surface area contributed by atoms with Crippen molar-refractivity contribution in [1.29, 1.82) is 0 Å². The van der Waals surface area contributed by atoms with E-state index in [0.29, 0.717) is 18.1 Å². The maximum absolute atomic E-state index is 12.5. The van der Waals surface area contributed by atoms with Gasteiger partial charge in [0.15, 0.2) is 0 Å². The van der Waals surface area contributed by atoms with Crippen molar-refractivity contribution in [2.45, 2.75) is 50.7 Å². The van der Waals surface area contributed by atoms with Gasteiger partial charge in [0, 0.05) is 18.3 Å². The van der Waals surface area contributed by atoms with Gasteiger partial charge in [-0.25, -0.2) is 13.1 Å². The largest absolute Gasteiger partial charge is 0.376 e. The van der Waals surface area contributed by atoms with E-state index >= 15 is 0 Å². The molecule has 1 fully saturated rings. The number of benzene rings is 1. The number of rotatable bonds is 8. The summed E-state index contributed by atoms with van der Waals surface area (Å²) in [7, 11) is -3.35.